The Morgan fingerprint density at radius 3 is 2.61 bits per heavy atom. The highest BCUT2D eigenvalue weighted by molar-refractivity contribution is 5.69. The van der Waals surface area contributed by atoms with Crippen molar-refractivity contribution >= 4 is 11.5 Å². The van der Waals surface area contributed by atoms with Crippen LogP contribution < -0.4 is 15.4 Å². The number of hydrogen-bond donors (Lipinski definition) is 2. The monoisotopic (exact) mass is 250 g/mol. The minimum Gasteiger partial charge on any atom is -0.479 e. The van der Waals surface area contributed by atoms with Gasteiger partial charge in [0.2, 0.25) is 5.88 Å². The molecule has 98 valence electrons. The zero-order chi connectivity index (χ0) is 12.7. The predicted molar refractivity (Wildman–Crippen MR) is 67.5 cm³/mol. The van der Waals surface area contributed by atoms with Crippen molar-refractivity contribution in [2.45, 2.75) is 43.9 Å². The largest absolute Gasteiger partial charge is 0.479 e. The Hall–Kier alpha value is -1.56. The third-order valence-electron chi connectivity index (χ3n) is 3.97. The number of nitrogens with two attached hydrogens (primary N) is 1. The molecule has 2 aliphatic heterocycles. The number of hydrogen-bond acceptors (Lipinski definition) is 6. The molecule has 0 aromatic carbocycles. The van der Waals surface area contributed by atoms with Crippen LogP contribution in [0.25, 0.3) is 0 Å². The minimum absolute atomic E-state index is 0.191. The SMILES string of the molecule is COc1ncnc(N2C3CCC2CC(O)C3)c1N. The highest BCUT2D eigenvalue weighted by Gasteiger charge is 2.41. The summed E-state index contributed by atoms with van der Waals surface area (Å²) in [4.78, 5) is 10.6. The number of aromatic nitrogens is 2. The molecule has 3 rings (SSSR count). The molecule has 2 bridgehead atoms. The van der Waals surface area contributed by atoms with Crippen LogP contribution in [0, 0.1) is 0 Å². The van der Waals surface area contributed by atoms with E-state index < -0.39 is 0 Å². The highest BCUT2D eigenvalue weighted by atomic mass is 16.5. The van der Waals surface area contributed by atoms with Gasteiger partial charge >= 0.3 is 0 Å². The summed E-state index contributed by atoms with van der Waals surface area (Å²) in [6, 6.07) is 0.668. The van der Waals surface area contributed by atoms with Gasteiger partial charge in [0.25, 0.3) is 0 Å². The van der Waals surface area contributed by atoms with Crippen LogP contribution >= 0.6 is 0 Å². The summed E-state index contributed by atoms with van der Waals surface area (Å²) in [6.07, 6.45) is 5.06. The molecule has 2 saturated heterocycles. The summed E-state index contributed by atoms with van der Waals surface area (Å²) in [7, 11) is 1.55. The van der Waals surface area contributed by atoms with Crippen LogP contribution in [0.4, 0.5) is 11.5 Å². The van der Waals surface area contributed by atoms with Gasteiger partial charge in [-0.2, -0.15) is 4.98 Å². The number of aliphatic hydroxyl groups excluding tert-OH is 1. The lowest BCUT2D eigenvalue weighted by molar-refractivity contribution is 0.126. The fourth-order valence-electron chi connectivity index (χ4n) is 3.23. The molecular formula is C12H18N4O2. The molecule has 18 heavy (non-hydrogen) atoms. The molecule has 1 aromatic heterocycles. The van der Waals surface area contributed by atoms with Gasteiger partial charge < -0.3 is 20.5 Å². The number of methoxy groups -OCH3 is 1. The second-order valence-electron chi connectivity index (χ2n) is 5.04. The van der Waals surface area contributed by atoms with Crippen molar-refractivity contribution in [2.75, 3.05) is 17.7 Å². The van der Waals surface area contributed by atoms with E-state index in [2.05, 4.69) is 14.9 Å². The van der Waals surface area contributed by atoms with E-state index in [-0.39, 0.29) is 6.10 Å². The Morgan fingerprint density at radius 1 is 1.33 bits per heavy atom. The molecule has 6 nitrogen and oxygen atoms in total. The minimum atomic E-state index is -0.191. The summed E-state index contributed by atoms with van der Waals surface area (Å²) in [5, 5.41) is 9.81. The lowest BCUT2D eigenvalue weighted by atomic mass is 10.00. The molecule has 0 radical (unpaired) electrons. The molecule has 0 spiro atoms. The van der Waals surface area contributed by atoms with Gasteiger partial charge in [0.1, 0.15) is 12.0 Å². The Bertz CT molecular complexity index is 440. The number of anilines is 2. The van der Waals surface area contributed by atoms with Gasteiger partial charge in [-0.3, -0.25) is 0 Å². The van der Waals surface area contributed by atoms with Crippen LogP contribution in [0.5, 0.6) is 5.88 Å². The lowest BCUT2D eigenvalue weighted by Crippen LogP contribution is -2.45. The number of nitrogen functional groups attached to an aromatic ring is 1. The van der Waals surface area contributed by atoms with Crippen molar-refractivity contribution in [3.05, 3.63) is 6.33 Å². The fraction of sp³-hybridized carbons (Fsp3) is 0.667. The van der Waals surface area contributed by atoms with Crippen LogP contribution in [-0.2, 0) is 0 Å². The first-order valence-electron chi connectivity index (χ1n) is 6.31. The number of ether oxygens (including phenoxy) is 1. The summed E-state index contributed by atoms with van der Waals surface area (Å²) >= 11 is 0. The van der Waals surface area contributed by atoms with Gasteiger partial charge in [0.15, 0.2) is 5.82 Å². The van der Waals surface area contributed by atoms with E-state index in [0.717, 1.165) is 31.5 Å². The van der Waals surface area contributed by atoms with Gasteiger partial charge in [0, 0.05) is 12.1 Å². The Balaban J connectivity index is 1.96. The average Bonchev–Trinajstić information content (AvgIpc) is 2.62. The number of fused-ring (bicyclic) bond motifs is 2. The molecule has 0 saturated carbocycles. The van der Waals surface area contributed by atoms with Crippen LogP contribution in [0.1, 0.15) is 25.7 Å². The average molecular weight is 250 g/mol. The van der Waals surface area contributed by atoms with Crippen LogP contribution in [-0.4, -0.2) is 40.4 Å². The Kier molecular flexibility index (Phi) is 2.74. The maximum absolute atomic E-state index is 9.81. The van der Waals surface area contributed by atoms with Crippen molar-refractivity contribution < 1.29 is 9.84 Å². The van der Waals surface area contributed by atoms with E-state index in [1.54, 1.807) is 7.11 Å². The number of rotatable bonds is 2. The third-order valence-corrected chi connectivity index (χ3v) is 3.97. The molecule has 1 aromatic rings. The second-order valence-corrected chi connectivity index (χ2v) is 5.04. The quantitative estimate of drug-likeness (QED) is 0.798. The summed E-state index contributed by atoms with van der Waals surface area (Å²) in [5.41, 5.74) is 6.55. The zero-order valence-corrected chi connectivity index (χ0v) is 10.4. The van der Waals surface area contributed by atoms with E-state index in [1.165, 1.54) is 6.33 Å². The molecule has 0 aliphatic carbocycles. The van der Waals surface area contributed by atoms with Crippen molar-refractivity contribution in [1.82, 2.24) is 9.97 Å². The maximum Gasteiger partial charge on any atom is 0.242 e. The Morgan fingerprint density at radius 2 is 2.00 bits per heavy atom. The summed E-state index contributed by atoms with van der Waals surface area (Å²) in [6.45, 7) is 0. The van der Waals surface area contributed by atoms with Gasteiger partial charge in [-0.1, -0.05) is 0 Å². The predicted octanol–water partition coefficient (Wildman–Crippen LogP) is 0.560. The zero-order valence-electron chi connectivity index (χ0n) is 10.4. The van der Waals surface area contributed by atoms with Gasteiger partial charge in [-0.05, 0) is 25.7 Å². The fourth-order valence-corrected chi connectivity index (χ4v) is 3.23. The summed E-state index contributed by atoms with van der Waals surface area (Å²) in [5.74, 6) is 1.17. The van der Waals surface area contributed by atoms with Crippen molar-refractivity contribution in [3.63, 3.8) is 0 Å². The van der Waals surface area contributed by atoms with Crippen molar-refractivity contribution in [1.29, 1.82) is 0 Å². The third kappa shape index (κ3) is 1.68. The lowest BCUT2D eigenvalue weighted by Gasteiger charge is -2.38. The standard InChI is InChI=1S/C12H18N4O2/c1-18-12-10(13)11(14-6-15-12)16-7-2-3-8(16)5-9(17)4-7/h6-9,17H,2-5,13H2,1H3. The van der Waals surface area contributed by atoms with Gasteiger partial charge in [-0.15, -0.1) is 0 Å². The second kappa shape index (κ2) is 4.28. The Labute approximate surface area is 106 Å². The van der Waals surface area contributed by atoms with Crippen LogP contribution in [0.2, 0.25) is 0 Å². The van der Waals surface area contributed by atoms with E-state index in [4.69, 9.17) is 10.5 Å². The van der Waals surface area contributed by atoms with Gasteiger partial charge in [0.05, 0.1) is 13.2 Å². The summed E-state index contributed by atoms with van der Waals surface area (Å²) < 4.78 is 5.14. The number of nitrogens with zero attached hydrogens (tertiary/aromatic N) is 3. The molecule has 6 heteroatoms. The van der Waals surface area contributed by atoms with E-state index in [0.29, 0.717) is 23.7 Å². The van der Waals surface area contributed by atoms with Gasteiger partial charge in [-0.25, -0.2) is 4.98 Å². The normalized spacial score (nSPS) is 30.6. The molecule has 3 heterocycles. The first kappa shape index (κ1) is 11.5. The maximum atomic E-state index is 9.81. The first-order valence-corrected chi connectivity index (χ1v) is 6.31. The highest BCUT2D eigenvalue weighted by Crippen LogP contribution is 2.41. The molecule has 2 unspecified atom stereocenters. The smallest absolute Gasteiger partial charge is 0.242 e. The van der Waals surface area contributed by atoms with E-state index in [9.17, 15) is 5.11 Å². The van der Waals surface area contributed by atoms with E-state index in [1.807, 2.05) is 0 Å². The molecule has 3 N–H and O–H groups in total. The topological polar surface area (TPSA) is 84.5 Å². The van der Waals surface area contributed by atoms with E-state index >= 15 is 0 Å². The van der Waals surface area contributed by atoms with Crippen molar-refractivity contribution in [2.24, 2.45) is 0 Å². The van der Waals surface area contributed by atoms with Crippen molar-refractivity contribution in [3.8, 4) is 5.88 Å². The molecular weight excluding hydrogens is 232 g/mol. The number of aliphatic hydroxyl groups is 1. The molecule has 2 atom stereocenters. The van der Waals surface area contributed by atoms with Crippen LogP contribution in [0.15, 0.2) is 6.33 Å². The molecule has 2 aliphatic rings. The molecule has 0 amide bonds. The first-order chi connectivity index (χ1) is 8.70. The van der Waals surface area contributed by atoms with Crippen LogP contribution in [0.3, 0.4) is 0 Å². The number of piperidine rings is 1. The molecule has 2 fully saturated rings.